The van der Waals surface area contributed by atoms with Gasteiger partial charge in [-0.25, -0.2) is 18.5 Å². The van der Waals surface area contributed by atoms with Crippen molar-refractivity contribution >= 4 is 46.4 Å². The molecule has 25 nitrogen and oxygen atoms in total. The highest BCUT2D eigenvalue weighted by molar-refractivity contribution is 7.66. The second-order valence-corrected chi connectivity index (χ2v) is 15.0. The number of hydrogen-bond donors (Lipinski definition) is 8. The number of amides is 1. The molecule has 28 heteroatoms. The minimum atomic E-state index is -5.78. The molecule has 0 spiro atoms. The van der Waals surface area contributed by atoms with E-state index in [9.17, 15) is 63.2 Å². The number of benzene rings is 1. The van der Waals surface area contributed by atoms with E-state index in [0.717, 1.165) is 22.9 Å². The van der Waals surface area contributed by atoms with Gasteiger partial charge in [0.05, 0.1) is 35.2 Å². The molecule has 286 valence electrons. The number of non-ortho nitro benzene ring substituents is 1. The molecule has 1 aromatic carbocycles. The number of aliphatic hydroxyl groups excluding tert-OH is 1. The molecule has 2 unspecified atom stereocenters. The monoisotopic (exact) mass is 800 g/mol. The van der Waals surface area contributed by atoms with Crippen LogP contribution in [0.2, 0.25) is 0 Å². The van der Waals surface area contributed by atoms with Crippen LogP contribution in [0.15, 0.2) is 34.0 Å². The summed E-state index contributed by atoms with van der Waals surface area (Å²) in [6.07, 6.45) is -1.90. The highest BCUT2D eigenvalue weighted by atomic mass is 31.3. The van der Waals surface area contributed by atoms with E-state index in [1.807, 2.05) is 4.98 Å². The number of aromatic amines is 1. The summed E-state index contributed by atoms with van der Waals surface area (Å²) >= 11 is 0. The van der Waals surface area contributed by atoms with Gasteiger partial charge in [0.15, 0.2) is 0 Å². The summed E-state index contributed by atoms with van der Waals surface area (Å²) in [7, 11) is -16.9. The molecule has 3 rings (SSSR count). The summed E-state index contributed by atoms with van der Waals surface area (Å²) < 4.78 is 52.1. The van der Waals surface area contributed by atoms with Crippen molar-refractivity contribution < 1.29 is 70.9 Å². The molecule has 5 atom stereocenters. The molecule has 1 amide bonds. The van der Waals surface area contributed by atoms with Crippen LogP contribution in [-0.4, -0.2) is 81.9 Å². The number of H-pyrrole nitrogens is 1. The van der Waals surface area contributed by atoms with Crippen LogP contribution < -0.4 is 21.9 Å². The Balaban J connectivity index is 1.46. The van der Waals surface area contributed by atoms with Crippen LogP contribution >= 0.6 is 23.5 Å². The number of rotatable bonds is 18. The van der Waals surface area contributed by atoms with Gasteiger partial charge in [0.25, 0.3) is 16.9 Å². The summed E-state index contributed by atoms with van der Waals surface area (Å²) in [5, 5.41) is 37.7. The molecule has 0 radical (unpaired) electrons. The zero-order valence-electron chi connectivity index (χ0n) is 26.3. The standard InChI is InChI=1S/C24H31N6O19P3/c31-19-12-22(47-20(19)14-46-51(42,43)49-52(44,45)48-50(39,40)41)28-13-15(23(33)27-24(28)34)5-4-10-26-21(32)6-2-1-3-9-25-17-8-7-16(29(35)36)11-18(17)30(37)38/h7-8,11,13,19-20,22,25,31H,1-3,6,9-10,12,14H2,(H,26,32)(H,42,43)(H,44,45)(H,27,33,34)(H2,39,40,41)/t19-,20+,22+/m0/s1. The van der Waals surface area contributed by atoms with Gasteiger partial charge >= 0.3 is 29.2 Å². The van der Waals surface area contributed by atoms with Crippen LogP contribution in [0.4, 0.5) is 17.1 Å². The molecule has 1 aliphatic rings. The van der Waals surface area contributed by atoms with Gasteiger partial charge in [-0.2, -0.15) is 8.62 Å². The lowest BCUT2D eigenvalue weighted by molar-refractivity contribution is -0.393. The number of nitro groups is 2. The van der Waals surface area contributed by atoms with E-state index >= 15 is 0 Å². The summed E-state index contributed by atoms with van der Waals surface area (Å²) in [5.41, 5.74) is -2.87. The van der Waals surface area contributed by atoms with E-state index in [0.29, 0.717) is 25.8 Å². The average molecular weight is 800 g/mol. The summed E-state index contributed by atoms with van der Waals surface area (Å²) in [6, 6.07) is 3.24. The lowest BCUT2D eigenvalue weighted by Crippen LogP contribution is -2.33. The summed E-state index contributed by atoms with van der Waals surface area (Å²) in [6.45, 7) is -0.879. The number of nitro benzene ring substituents is 2. The van der Waals surface area contributed by atoms with Gasteiger partial charge in [-0.05, 0) is 18.9 Å². The third-order valence-corrected chi connectivity index (χ3v) is 10.5. The molecule has 2 aromatic rings. The fraction of sp³-hybridized carbons (Fsp3) is 0.458. The van der Waals surface area contributed by atoms with Crippen molar-refractivity contribution in [1.29, 1.82) is 0 Å². The predicted octanol–water partition coefficient (Wildman–Crippen LogP) is 0.485. The number of nitrogens with one attached hydrogen (secondary N) is 3. The van der Waals surface area contributed by atoms with Crippen molar-refractivity contribution in [3.05, 3.63) is 71.0 Å². The normalized spacial score (nSPS) is 19.4. The number of nitrogens with zero attached hydrogens (tertiary/aromatic N) is 3. The Morgan fingerprint density at radius 1 is 1.06 bits per heavy atom. The van der Waals surface area contributed by atoms with Gasteiger partial charge in [0.1, 0.15) is 23.6 Å². The van der Waals surface area contributed by atoms with E-state index in [4.69, 9.17) is 14.5 Å². The number of ether oxygens (including phenoxy) is 1. The minimum Gasteiger partial charge on any atom is -0.390 e. The van der Waals surface area contributed by atoms with Crippen LogP contribution in [0.5, 0.6) is 0 Å². The second kappa shape index (κ2) is 18.1. The molecule has 8 N–H and O–H groups in total. The van der Waals surface area contributed by atoms with Gasteiger partial charge < -0.3 is 40.1 Å². The number of carbonyl (C=O) groups excluding carboxylic acids is 1. The molecule has 2 heterocycles. The summed E-state index contributed by atoms with van der Waals surface area (Å²) in [4.78, 5) is 95.5. The molecule has 0 bridgehead atoms. The number of aromatic nitrogens is 2. The van der Waals surface area contributed by atoms with Gasteiger partial charge in [-0.1, -0.05) is 18.3 Å². The topological polar surface area (TPSA) is 372 Å². The zero-order valence-corrected chi connectivity index (χ0v) is 29.0. The quantitative estimate of drug-likeness (QED) is 0.0334. The van der Waals surface area contributed by atoms with Crippen molar-refractivity contribution in [2.45, 2.75) is 50.5 Å². The van der Waals surface area contributed by atoms with Crippen LogP contribution in [0.25, 0.3) is 0 Å². The Labute approximate surface area is 290 Å². The van der Waals surface area contributed by atoms with Crippen molar-refractivity contribution in [2.75, 3.05) is 25.0 Å². The first kappa shape index (κ1) is 42.3. The number of phosphoric ester groups is 1. The van der Waals surface area contributed by atoms with Crippen LogP contribution in [-0.2, 0) is 36.4 Å². The Kier molecular flexibility index (Phi) is 14.7. The maximum atomic E-state index is 12.4. The highest BCUT2D eigenvalue weighted by Gasteiger charge is 2.43. The Bertz CT molecular complexity index is 1990. The molecule has 1 saturated heterocycles. The zero-order chi connectivity index (χ0) is 38.9. The Morgan fingerprint density at radius 3 is 2.42 bits per heavy atom. The van der Waals surface area contributed by atoms with Crippen molar-refractivity contribution in [1.82, 2.24) is 14.9 Å². The third kappa shape index (κ3) is 13.4. The minimum absolute atomic E-state index is 0.107. The van der Waals surface area contributed by atoms with Crippen molar-refractivity contribution in [3.63, 3.8) is 0 Å². The number of aliphatic hydroxyl groups is 1. The van der Waals surface area contributed by atoms with Crippen LogP contribution in [0.1, 0.15) is 43.9 Å². The average Bonchev–Trinajstić information content (AvgIpc) is 3.38. The molecule has 0 saturated carbocycles. The van der Waals surface area contributed by atoms with Gasteiger partial charge in [0, 0.05) is 31.6 Å². The van der Waals surface area contributed by atoms with E-state index in [1.165, 1.54) is 6.07 Å². The maximum absolute atomic E-state index is 12.4. The Morgan fingerprint density at radius 2 is 1.77 bits per heavy atom. The number of anilines is 1. The molecule has 1 aliphatic heterocycles. The first-order valence-corrected chi connectivity index (χ1v) is 19.1. The fourth-order valence-electron chi connectivity index (χ4n) is 4.41. The van der Waals surface area contributed by atoms with E-state index < -0.39 is 81.0 Å². The molecule has 52 heavy (non-hydrogen) atoms. The largest absolute Gasteiger partial charge is 0.490 e. The number of carbonyl (C=O) groups is 1. The van der Waals surface area contributed by atoms with Gasteiger partial charge in [0.2, 0.25) is 5.91 Å². The first-order valence-electron chi connectivity index (χ1n) is 14.6. The first-order chi connectivity index (χ1) is 24.2. The third-order valence-electron chi connectivity index (χ3n) is 6.68. The fourth-order valence-corrected chi connectivity index (χ4v) is 7.44. The second-order valence-electron chi connectivity index (χ2n) is 10.6. The summed E-state index contributed by atoms with van der Waals surface area (Å²) in [5.74, 6) is 4.65. The molecule has 0 aliphatic carbocycles. The van der Waals surface area contributed by atoms with E-state index in [2.05, 4.69) is 35.6 Å². The lowest BCUT2D eigenvalue weighted by atomic mass is 10.1. The van der Waals surface area contributed by atoms with Gasteiger partial charge in [-0.3, -0.25) is 43.9 Å². The lowest BCUT2D eigenvalue weighted by Gasteiger charge is -2.19. The smallest absolute Gasteiger partial charge is 0.390 e. The number of phosphoric acid groups is 3. The molecular weight excluding hydrogens is 769 g/mol. The number of unbranched alkanes of at least 4 members (excludes halogenated alkanes) is 2. The van der Waals surface area contributed by atoms with Crippen LogP contribution in [0, 0.1) is 32.1 Å². The molecule has 1 aromatic heterocycles. The Hall–Kier alpha value is -4.14. The SMILES string of the molecule is O=C(CCCCCNc1ccc([N+](=O)[O-])cc1[N+](=O)[O-])NCC#Cc1cn([C@H]2C[C@H](O)[C@@H](COP(=O)(O)OP(=O)(O)OP(=O)(O)O)O2)c(=O)[nH]c1=O. The number of hydrogen-bond acceptors (Lipinski definition) is 16. The maximum Gasteiger partial charge on any atom is 0.490 e. The van der Waals surface area contributed by atoms with Gasteiger partial charge in [-0.15, -0.1) is 0 Å². The highest BCUT2D eigenvalue weighted by Crippen LogP contribution is 2.66. The van der Waals surface area contributed by atoms with Crippen LogP contribution in [0.3, 0.4) is 0 Å². The van der Waals surface area contributed by atoms with Crippen molar-refractivity contribution in [3.8, 4) is 11.8 Å². The molecule has 1 fully saturated rings. The van der Waals surface area contributed by atoms with Crippen molar-refractivity contribution in [2.24, 2.45) is 0 Å². The predicted molar refractivity (Wildman–Crippen MR) is 172 cm³/mol. The van der Waals surface area contributed by atoms with E-state index in [-0.39, 0.29) is 36.5 Å². The molecular formula is C24H31N6O19P3. The van der Waals surface area contributed by atoms with E-state index in [1.54, 1.807) is 0 Å².